The van der Waals surface area contributed by atoms with Crippen molar-refractivity contribution in [1.82, 2.24) is 9.55 Å². The zero-order valence-corrected chi connectivity index (χ0v) is 12.0. The van der Waals surface area contributed by atoms with E-state index >= 15 is 0 Å². The van der Waals surface area contributed by atoms with Crippen LogP contribution in [0.5, 0.6) is 0 Å². The molecule has 0 aliphatic heterocycles. The van der Waals surface area contributed by atoms with Crippen molar-refractivity contribution < 1.29 is 0 Å². The molecule has 0 unspecified atom stereocenters. The summed E-state index contributed by atoms with van der Waals surface area (Å²) in [5.41, 5.74) is 9.24. The van der Waals surface area contributed by atoms with Crippen molar-refractivity contribution in [3.05, 3.63) is 64.4 Å². The minimum Gasteiger partial charge on any atom is -0.328 e. The summed E-state index contributed by atoms with van der Waals surface area (Å²) in [6.45, 7) is 1.06. The summed E-state index contributed by atoms with van der Waals surface area (Å²) in [6, 6.07) is 11.3. The maximum atomic E-state index is 8.88. The molecule has 104 valence electrons. The highest BCUT2D eigenvalue weighted by Crippen LogP contribution is 2.23. The molecular weight excluding hydrogens is 284 g/mol. The Labute approximate surface area is 127 Å². The number of benzene rings is 1. The van der Waals surface area contributed by atoms with Gasteiger partial charge in [-0.15, -0.1) is 0 Å². The summed E-state index contributed by atoms with van der Waals surface area (Å²) >= 11 is 6.24. The Kier molecular flexibility index (Phi) is 3.61. The van der Waals surface area contributed by atoms with Crippen LogP contribution in [-0.2, 0) is 13.1 Å². The van der Waals surface area contributed by atoms with Crippen molar-refractivity contribution in [3.63, 3.8) is 0 Å². The molecule has 0 atom stereocenters. The number of halogens is 1. The van der Waals surface area contributed by atoms with Crippen molar-refractivity contribution in [2.75, 3.05) is 0 Å². The van der Waals surface area contributed by atoms with E-state index in [0.717, 1.165) is 22.2 Å². The Bertz CT molecular complexity index is 845. The van der Waals surface area contributed by atoms with Gasteiger partial charge in [-0.2, -0.15) is 5.26 Å². The molecule has 0 aliphatic rings. The molecule has 0 amide bonds. The van der Waals surface area contributed by atoms with Gasteiger partial charge in [-0.3, -0.25) is 0 Å². The molecule has 0 saturated carbocycles. The highest BCUT2D eigenvalue weighted by atomic mass is 35.5. The predicted octanol–water partition coefficient (Wildman–Crippen LogP) is 3.07. The fourth-order valence-electron chi connectivity index (χ4n) is 2.41. The number of rotatable bonds is 3. The van der Waals surface area contributed by atoms with Gasteiger partial charge in [0.25, 0.3) is 0 Å². The Hall–Kier alpha value is -2.35. The van der Waals surface area contributed by atoms with Crippen LogP contribution in [0.25, 0.3) is 11.0 Å². The first-order chi connectivity index (χ1) is 10.2. The molecule has 4 nitrogen and oxygen atoms in total. The average Bonchev–Trinajstić information content (AvgIpc) is 2.87. The lowest BCUT2D eigenvalue weighted by molar-refractivity contribution is 0.819. The van der Waals surface area contributed by atoms with E-state index in [9.17, 15) is 0 Å². The topological polar surface area (TPSA) is 67.6 Å². The highest BCUT2D eigenvalue weighted by Gasteiger charge is 2.10. The maximum absolute atomic E-state index is 8.88. The summed E-state index contributed by atoms with van der Waals surface area (Å²) < 4.78 is 2.03. The quantitative estimate of drug-likeness (QED) is 0.807. The molecule has 0 fully saturated rings. The van der Waals surface area contributed by atoms with Crippen molar-refractivity contribution >= 4 is 22.6 Å². The number of nitrogens with two attached hydrogens (primary N) is 1. The van der Waals surface area contributed by atoms with Crippen LogP contribution in [0.2, 0.25) is 5.02 Å². The largest absolute Gasteiger partial charge is 0.328 e. The predicted molar refractivity (Wildman–Crippen MR) is 82.9 cm³/mol. The number of nitrogens with zero attached hydrogens (tertiary/aromatic N) is 3. The van der Waals surface area contributed by atoms with E-state index in [4.69, 9.17) is 22.6 Å². The minimum absolute atomic E-state index is 0.469. The second kappa shape index (κ2) is 5.57. The fraction of sp³-hybridized carbons (Fsp3) is 0.125. The van der Waals surface area contributed by atoms with E-state index in [2.05, 4.69) is 11.1 Å². The number of pyridine rings is 1. The van der Waals surface area contributed by atoms with Gasteiger partial charge in [0.15, 0.2) is 0 Å². The molecule has 0 radical (unpaired) electrons. The van der Waals surface area contributed by atoms with Crippen LogP contribution in [0.1, 0.15) is 16.7 Å². The third kappa shape index (κ3) is 2.49. The van der Waals surface area contributed by atoms with Crippen molar-refractivity contribution in [3.8, 4) is 6.07 Å². The number of aromatic nitrogens is 2. The van der Waals surface area contributed by atoms with Gasteiger partial charge in [0.05, 0.1) is 18.2 Å². The van der Waals surface area contributed by atoms with Gasteiger partial charge in [-0.1, -0.05) is 17.7 Å². The van der Waals surface area contributed by atoms with Gasteiger partial charge in [0.1, 0.15) is 5.65 Å². The van der Waals surface area contributed by atoms with Crippen molar-refractivity contribution in [1.29, 1.82) is 5.26 Å². The summed E-state index contributed by atoms with van der Waals surface area (Å²) in [5, 5.41) is 10.5. The molecule has 2 N–H and O–H groups in total. The van der Waals surface area contributed by atoms with E-state index in [1.807, 2.05) is 29.0 Å². The number of hydrogen-bond acceptors (Lipinski definition) is 3. The van der Waals surface area contributed by atoms with Gasteiger partial charge >= 0.3 is 0 Å². The zero-order chi connectivity index (χ0) is 14.8. The van der Waals surface area contributed by atoms with Gasteiger partial charge in [0, 0.05) is 29.3 Å². The van der Waals surface area contributed by atoms with Crippen LogP contribution in [0.4, 0.5) is 0 Å². The Morgan fingerprint density at radius 1 is 1.29 bits per heavy atom. The Morgan fingerprint density at radius 2 is 2.14 bits per heavy atom. The summed E-state index contributed by atoms with van der Waals surface area (Å²) in [7, 11) is 0. The molecule has 3 rings (SSSR count). The molecule has 2 heterocycles. The molecule has 0 saturated heterocycles. The first-order valence-electron chi connectivity index (χ1n) is 6.54. The molecule has 3 aromatic rings. The lowest BCUT2D eigenvalue weighted by Gasteiger charge is -2.07. The van der Waals surface area contributed by atoms with E-state index in [0.29, 0.717) is 23.7 Å². The van der Waals surface area contributed by atoms with Crippen LogP contribution in [0.15, 0.2) is 42.7 Å². The third-order valence-corrected chi connectivity index (χ3v) is 3.81. The summed E-state index contributed by atoms with van der Waals surface area (Å²) in [4.78, 5) is 4.42. The fourth-order valence-corrected chi connectivity index (χ4v) is 2.65. The van der Waals surface area contributed by atoms with Gasteiger partial charge < -0.3 is 10.3 Å². The molecule has 0 aliphatic carbocycles. The molecule has 5 heteroatoms. The molecule has 0 bridgehead atoms. The van der Waals surface area contributed by atoms with Gasteiger partial charge in [0.2, 0.25) is 0 Å². The van der Waals surface area contributed by atoms with Crippen molar-refractivity contribution in [2.24, 2.45) is 5.73 Å². The average molecular weight is 297 g/mol. The summed E-state index contributed by atoms with van der Waals surface area (Å²) in [5.74, 6) is 0. The lowest BCUT2D eigenvalue weighted by Crippen LogP contribution is -2.00. The number of nitriles is 1. The van der Waals surface area contributed by atoms with E-state index in [1.165, 1.54) is 0 Å². The normalized spacial score (nSPS) is 10.7. The van der Waals surface area contributed by atoms with E-state index in [1.54, 1.807) is 18.3 Å². The van der Waals surface area contributed by atoms with E-state index < -0.39 is 0 Å². The molecule has 21 heavy (non-hydrogen) atoms. The lowest BCUT2D eigenvalue weighted by atomic mass is 10.1. The molecular formula is C16H13ClN4. The monoisotopic (exact) mass is 296 g/mol. The molecule has 1 aromatic carbocycles. The van der Waals surface area contributed by atoms with Gasteiger partial charge in [-0.05, 0) is 35.4 Å². The van der Waals surface area contributed by atoms with Crippen molar-refractivity contribution in [2.45, 2.75) is 13.1 Å². The smallest absolute Gasteiger partial charge is 0.140 e. The summed E-state index contributed by atoms with van der Waals surface area (Å²) in [6.07, 6.45) is 3.77. The minimum atomic E-state index is 0.469. The van der Waals surface area contributed by atoms with Crippen LogP contribution < -0.4 is 5.73 Å². The third-order valence-electron chi connectivity index (χ3n) is 3.46. The van der Waals surface area contributed by atoms with Gasteiger partial charge in [-0.25, -0.2) is 4.98 Å². The maximum Gasteiger partial charge on any atom is 0.140 e. The van der Waals surface area contributed by atoms with Crippen LogP contribution >= 0.6 is 11.6 Å². The van der Waals surface area contributed by atoms with Crippen LogP contribution in [0.3, 0.4) is 0 Å². The molecule has 0 spiro atoms. The Morgan fingerprint density at radius 3 is 2.86 bits per heavy atom. The first-order valence-corrected chi connectivity index (χ1v) is 6.92. The zero-order valence-electron chi connectivity index (χ0n) is 11.3. The highest BCUT2D eigenvalue weighted by molar-refractivity contribution is 6.31. The van der Waals surface area contributed by atoms with Crippen LogP contribution in [-0.4, -0.2) is 9.55 Å². The first kappa shape index (κ1) is 13.6. The number of fused-ring (bicyclic) bond motifs is 1. The SMILES string of the molecule is N#Cc1ccc(Cn2cc(CN)c3cccnc32)c(Cl)c1. The second-order valence-electron chi connectivity index (χ2n) is 4.78. The number of hydrogen-bond donors (Lipinski definition) is 1. The Balaban J connectivity index is 2.04. The van der Waals surface area contributed by atoms with Crippen LogP contribution in [0, 0.1) is 11.3 Å². The second-order valence-corrected chi connectivity index (χ2v) is 5.19. The molecule has 2 aromatic heterocycles. The van der Waals surface area contributed by atoms with E-state index in [-0.39, 0.29) is 0 Å². The standard InChI is InChI=1S/C16H13ClN4/c17-15-6-11(7-18)3-4-12(15)9-21-10-13(8-19)14-2-1-5-20-16(14)21/h1-6,10H,8-9,19H2.